The molecule has 0 radical (unpaired) electrons. The topological polar surface area (TPSA) is 21.1 Å². The zero-order valence-corrected chi connectivity index (χ0v) is 11.1. The van der Waals surface area contributed by atoms with E-state index in [2.05, 4.69) is 32.4 Å². The Kier molecular flexibility index (Phi) is 3.71. The predicted molar refractivity (Wildman–Crippen MR) is 72.3 cm³/mol. The van der Waals surface area contributed by atoms with Crippen molar-refractivity contribution in [2.45, 2.75) is 31.8 Å². The lowest BCUT2D eigenvalue weighted by molar-refractivity contribution is 0.136. The van der Waals surface area contributed by atoms with Crippen LogP contribution in [-0.4, -0.2) is 45.1 Å². The molecule has 2 saturated heterocycles. The quantitative estimate of drug-likeness (QED) is 0.821. The van der Waals surface area contributed by atoms with Crippen LogP contribution >= 0.6 is 11.8 Å². The number of imidazole rings is 1. The van der Waals surface area contributed by atoms with Crippen molar-refractivity contribution in [3.63, 3.8) is 0 Å². The van der Waals surface area contributed by atoms with Crippen LogP contribution in [0.15, 0.2) is 18.7 Å². The maximum atomic E-state index is 4.12. The molecule has 0 N–H and O–H groups in total. The number of hydrogen-bond acceptors (Lipinski definition) is 3. The Labute approximate surface area is 108 Å². The third-order valence-corrected chi connectivity index (χ3v) is 5.24. The van der Waals surface area contributed by atoms with Crippen LogP contribution in [0.3, 0.4) is 0 Å². The van der Waals surface area contributed by atoms with Crippen LogP contribution in [0.4, 0.5) is 0 Å². The molecule has 0 saturated carbocycles. The van der Waals surface area contributed by atoms with Crippen LogP contribution in [0.5, 0.6) is 0 Å². The molecule has 2 fully saturated rings. The first kappa shape index (κ1) is 11.6. The van der Waals surface area contributed by atoms with Crippen LogP contribution in [0.25, 0.3) is 0 Å². The highest BCUT2D eigenvalue weighted by Crippen LogP contribution is 2.27. The van der Waals surface area contributed by atoms with Gasteiger partial charge >= 0.3 is 0 Å². The molecule has 1 atom stereocenters. The van der Waals surface area contributed by atoms with Crippen molar-refractivity contribution in [2.75, 3.05) is 24.6 Å². The summed E-state index contributed by atoms with van der Waals surface area (Å²) in [5.74, 6) is 3.60. The first-order valence-electron chi connectivity index (χ1n) is 6.69. The van der Waals surface area contributed by atoms with Crippen LogP contribution in [0.1, 0.15) is 19.3 Å². The lowest BCUT2D eigenvalue weighted by Gasteiger charge is -2.35. The van der Waals surface area contributed by atoms with Gasteiger partial charge in [-0.2, -0.15) is 11.8 Å². The summed E-state index contributed by atoms with van der Waals surface area (Å²) >= 11 is 2.13. The molecule has 3 heterocycles. The van der Waals surface area contributed by atoms with E-state index >= 15 is 0 Å². The summed E-state index contributed by atoms with van der Waals surface area (Å²) in [5.41, 5.74) is 0. The molecular weight excluding hydrogens is 230 g/mol. The second kappa shape index (κ2) is 5.44. The van der Waals surface area contributed by atoms with Gasteiger partial charge in [0.2, 0.25) is 0 Å². The Morgan fingerprint density at radius 2 is 2.12 bits per heavy atom. The zero-order valence-electron chi connectivity index (χ0n) is 10.3. The molecule has 4 heteroatoms. The Morgan fingerprint density at radius 1 is 1.24 bits per heavy atom. The van der Waals surface area contributed by atoms with Crippen molar-refractivity contribution in [3.8, 4) is 0 Å². The SMILES string of the molecule is c1cn(CC2CCN([C@@H]3CCSC3)CC2)cn1. The highest BCUT2D eigenvalue weighted by Gasteiger charge is 2.27. The van der Waals surface area contributed by atoms with Gasteiger partial charge in [-0.15, -0.1) is 0 Å². The van der Waals surface area contributed by atoms with Crippen LogP contribution in [0.2, 0.25) is 0 Å². The Balaban J connectivity index is 1.47. The van der Waals surface area contributed by atoms with Gasteiger partial charge in [-0.3, -0.25) is 4.90 Å². The van der Waals surface area contributed by atoms with Gasteiger partial charge in [0.25, 0.3) is 0 Å². The lowest BCUT2D eigenvalue weighted by atomic mass is 9.95. The second-order valence-corrected chi connectivity index (χ2v) is 6.41. The molecular formula is C13H21N3S. The summed E-state index contributed by atoms with van der Waals surface area (Å²) in [4.78, 5) is 6.84. The van der Waals surface area contributed by atoms with Crippen molar-refractivity contribution in [1.82, 2.24) is 14.5 Å². The predicted octanol–water partition coefficient (Wildman–Crippen LogP) is 2.10. The largest absolute Gasteiger partial charge is 0.337 e. The van der Waals surface area contributed by atoms with Gasteiger partial charge in [0.15, 0.2) is 0 Å². The first-order valence-corrected chi connectivity index (χ1v) is 7.85. The van der Waals surface area contributed by atoms with Gasteiger partial charge in [-0.1, -0.05) is 0 Å². The number of nitrogens with zero attached hydrogens (tertiary/aromatic N) is 3. The molecule has 1 aromatic rings. The van der Waals surface area contributed by atoms with E-state index in [9.17, 15) is 0 Å². The fraction of sp³-hybridized carbons (Fsp3) is 0.769. The Hall–Kier alpha value is -0.480. The third kappa shape index (κ3) is 2.86. The van der Waals surface area contributed by atoms with Crippen LogP contribution < -0.4 is 0 Å². The molecule has 0 amide bonds. The standard InChI is InChI=1S/C13H21N3S/c1-5-16(13-3-8-17-10-13)6-2-12(1)9-15-7-4-14-11-15/h4,7,11-13H,1-3,5-6,8-10H2/t13-/m1/s1. The monoisotopic (exact) mass is 251 g/mol. The summed E-state index contributed by atoms with van der Waals surface area (Å²) in [5, 5.41) is 0. The van der Waals surface area contributed by atoms with Crippen molar-refractivity contribution in [3.05, 3.63) is 18.7 Å². The minimum absolute atomic E-state index is 0.856. The smallest absolute Gasteiger partial charge is 0.0945 e. The summed E-state index contributed by atoms with van der Waals surface area (Å²) in [6, 6.07) is 0.884. The molecule has 0 spiro atoms. The van der Waals surface area contributed by atoms with Gasteiger partial charge in [-0.05, 0) is 44.0 Å². The lowest BCUT2D eigenvalue weighted by Crippen LogP contribution is -2.42. The van der Waals surface area contributed by atoms with E-state index in [4.69, 9.17) is 0 Å². The minimum atomic E-state index is 0.856. The fourth-order valence-corrected chi connectivity index (χ4v) is 4.26. The van der Waals surface area contributed by atoms with E-state index in [1.54, 1.807) is 0 Å². The van der Waals surface area contributed by atoms with Gasteiger partial charge in [-0.25, -0.2) is 4.98 Å². The van der Waals surface area contributed by atoms with Gasteiger partial charge in [0.1, 0.15) is 0 Å². The van der Waals surface area contributed by atoms with E-state index in [1.807, 2.05) is 12.5 Å². The number of thioether (sulfide) groups is 1. The molecule has 0 unspecified atom stereocenters. The molecule has 0 bridgehead atoms. The summed E-state index contributed by atoms with van der Waals surface area (Å²) < 4.78 is 2.23. The molecule has 2 aliphatic heterocycles. The molecule has 17 heavy (non-hydrogen) atoms. The van der Waals surface area contributed by atoms with Gasteiger partial charge in [0.05, 0.1) is 6.33 Å². The van der Waals surface area contributed by atoms with E-state index in [1.165, 1.54) is 43.9 Å². The molecule has 0 aliphatic carbocycles. The first-order chi connectivity index (χ1) is 8.42. The highest BCUT2D eigenvalue weighted by molar-refractivity contribution is 7.99. The number of aromatic nitrogens is 2. The van der Waals surface area contributed by atoms with E-state index in [0.717, 1.165) is 18.5 Å². The van der Waals surface area contributed by atoms with Crippen molar-refractivity contribution < 1.29 is 0 Å². The summed E-state index contributed by atoms with van der Waals surface area (Å²) in [6.45, 7) is 3.78. The second-order valence-electron chi connectivity index (χ2n) is 5.26. The van der Waals surface area contributed by atoms with Crippen LogP contribution in [-0.2, 0) is 6.54 Å². The third-order valence-electron chi connectivity index (χ3n) is 4.10. The molecule has 1 aromatic heterocycles. The minimum Gasteiger partial charge on any atom is -0.337 e. The highest BCUT2D eigenvalue weighted by atomic mass is 32.2. The van der Waals surface area contributed by atoms with Crippen LogP contribution in [0, 0.1) is 5.92 Å². The van der Waals surface area contributed by atoms with Crippen molar-refractivity contribution >= 4 is 11.8 Å². The Morgan fingerprint density at radius 3 is 2.76 bits per heavy atom. The van der Waals surface area contributed by atoms with E-state index in [-0.39, 0.29) is 0 Å². The maximum Gasteiger partial charge on any atom is 0.0945 e. The van der Waals surface area contributed by atoms with E-state index in [0.29, 0.717) is 0 Å². The summed E-state index contributed by atoms with van der Waals surface area (Å²) in [7, 11) is 0. The van der Waals surface area contributed by atoms with Gasteiger partial charge < -0.3 is 4.57 Å². The number of hydrogen-bond donors (Lipinski definition) is 0. The molecule has 3 rings (SSSR count). The molecule has 3 nitrogen and oxygen atoms in total. The summed E-state index contributed by atoms with van der Waals surface area (Å²) in [6.07, 6.45) is 10.0. The average molecular weight is 251 g/mol. The molecule has 2 aliphatic rings. The molecule has 94 valence electrons. The number of likely N-dealkylation sites (tertiary alicyclic amines) is 1. The maximum absolute atomic E-state index is 4.12. The van der Waals surface area contributed by atoms with Gasteiger partial charge in [0, 0.05) is 30.7 Å². The fourth-order valence-electron chi connectivity index (χ4n) is 3.00. The number of rotatable bonds is 3. The normalized spacial score (nSPS) is 27.6. The van der Waals surface area contributed by atoms with Crippen molar-refractivity contribution in [2.24, 2.45) is 5.92 Å². The molecule has 0 aromatic carbocycles. The average Bonchev–Trinajstić information content (AvgIpc) is 3.01. The zero-order chi connectivity index (χ0) is 11.5. The van der Waals surface area contributed by atoms with E-state index < -0.39 is 0 Å². The Bertz CT molecular complexity index is 324. The van der Waals surface area contributed by atoms with Crippen molar-refractivity contribution in [1.29, 1.82) is 0 Å². The number of piperidine rings is 1.